The van der Waals surface area contributed by atoms with E-state index in [0.29, 0.717) is 6.54 Å². The van der Waals surface area contributed by atoms with E-state index >= 15 is 0 Å². The molecule has 0 aliphatic carbocycles. The van der Waals surface area contributed by atoms with Crippen LogP contribution in [0.4, 0.5) is 0 Å². The van der Waals surface area contributed by atoms with Crippen LogP contribution in [0.25, 0.3) is 0 Å². The van der Waals surface area contributed by atoms with Crippen LogP contribution in [0.5, 0.6) is 0 Å². The van der Waals surface area contributed by atoms with Gasteiger partial charge in [-0.15, -0.1) is 0 Å². The molecule has 1 fully saturated rings. The molecule has 12 heavy (non-hydrogen) atoms. The summed E-state index contributed by atoms with van der Waals surface area (Å²) < 4.78 is 20.5. The zero-order valence-corrected chi connectivity index (χ0v) is 8.18. The maximum absolute atomic E-state index is 10.3. The molecule has 0 N–H and O–H groups in total. The van der Waals surface area contributed by atoms with Crippen molar-refractivity contribution in [2.24, 2.45) is 0 Å². The maximum Gasteiger partial charge on any atom is 0.0229 e. The van der Waals surface area contributed by atoms with E-state index in [0.717, 1.165) is 26.2 Å². The molecule has 1 heterocycles. The first-order valence-electron chi connectivity index (χ1n) is 4.15. The third kappa shape index (κ3) is 3.62. The molecule has 1 atom stereocenters. The van der Waals surface area contributed by atoms with Crippen LogP contribution in [0.3, 0.4) is 0 Å². The molecular weight excluding hydrogens is 176 g/mol. The van der Waals surface area contributed by atoms with Crippen LogP contribution >= 0.6 is 0 Å². The molecule has 0 bridgehead atoms. The lowest BCUT2D eigenvalue weighted by molar-refractivity contribution is 0.160. The third-order valence-electron chi connectivity index (χ3n) is 2.17. The van der Waals surface area contributed by atoms with Crippen LogP contribution in [-0.2, 0) is 11.1 Å². The average molecular weight is 191 g/mol. The molecule has 72 valence electrons. The van der Waals surface area contributed by atoms with E-state index in [1.165, 1.54) is 0 Å². The Hall–Kier alpha value is 0.0300. The summed E-state index contributed by atoms with van der Waals surface area (Å²) in [5.41, 5.74) is 0. The summed E-state index contributed by atoms with van der Waals surface area (Å²) in [4.78, 5) is 4.44. The van der Waals surface area contributed by atoms with Gasteiger partial charge in [0.1, 0.15) is 0 Å². The van der Waals surface area contributed by atoms with Crippen LogP contribution in [0.2, 0.25) is 0 Å². The Morgan fingerprint density at radius 1 is 1.33 bits per heavy atom. The largest absolute Gasteiger partial charge is 0.772 e. The first-order valence-corrected chi connectivity index (χ1v) is 5.39. The molecule has 4 nitrogen and oxygen atoms in total. The number of nitrogens with zero attached hydrogens (tertiary/aromatic N) is 2. The predicted octanol–water partition coefficient (Wildman–Crippen LogP) is -0.887. The van der Waals surface area contributed by atoms with Crippen molar-refractivity contribution in [3.63, 3.8) is 0 Å². The van der Waals surface area contributed by atoms with Crippen molar-refractivity contribution < 1.29 is 8.76 Å². The number of hydrogen-bond acceptors (Lipinski definition) is 4. The highest BCUT2D eigenvalue weighted by Gasteiger charge is 2.12. The van der Waals surface area contributed by atoms with Gasteiger partial charge in [0.2, 0.25) is 0 Å². The summed E-state index contributed by atoms with van der Waals surface area (Å²) >= 11 is -1.88. The minimum atomic E-state index is -1.88. The molecule has 0 aromatic carbocycles. The lowest BCUT2D eigenvalue weighted by Crippen LogP contribution is -2.45. The summed E-state index contributed by atoms with van der Waals surface area (Å²) in [5, 5.41) is 0. The SMILES string of the molecule is CN1CCN(CCS(=O)[O-])CC1. The van der Waals surface area contributed by atoms with Crippen LogP contribution in [0.15, 0.2) is 0 Å². The number of likely N-dealkylation sites (N-methyl/N-ethyl adjacent to an activating group) is 1. The Bertz CT molecular complexity index is 157. The molecule has 0 aromatic heterocycles. The number of piperazine rings is 1. The second kappa shape index (κ2) is 4.91. The van der Waals surface area contributed by atoms with Gasteiger partial charge in [0.25, 0.3) is 0 Å². The molecule has 0 aromatic rings. The van der Waals surface area contributed by atoms with Crippen molar-refractivity contribution in [1.29, 1.82) is 0 Å². The molecule has 1 unspecified atom stereocenters. The monoisotopic (exact) mass is 191 g/mol. The van der Waals surface area contributed by atoms with Gasteiger partial charge in [0.15, 0.2) is 0 Å². The van der Waals surface area contributed by atoms with Gasteiger partial charge in [0.05, 0.1) is 0 Å². The van der Waals surface area contributed by atoms with E-state index in [1.807, 2.05) is 0 Å². The van der Waals surface area contributed by atoms with Gasteiger partial charge in [-0.05, 0) is 7.05 Å². The Balaban J connectivity index is 2.13. The Labute approximate surface area is 75.8 Å². The highest BCUT2D eigenvalue weighted by atomic mass is 32.2. The second-order valence-corrected chi connectivity index (χ2v) is 4.17. The van der Waals surface area contributed by atoms with E-state index in [1.54, 1.807) is 0 Å². The van der Waals surface area contributed by atoms with E-state index in [2.05, 4.69) is 16.8 Å². The van der Waals surface area contributed by atoms with Crippen LogP contribution in [-0.4, -0.2) is 64.1 Å². The molecule has 5 heteroatoms. The number of hydrogen-bond donors (Lipinski definition) is 0. The van der Waals surface area contributed by atoms with Gasteiger partial charge in [-0.3, -0.25) is 9.11 Å². The first-order chi connectivity index (χ1) is 5.68. The van der Waals surface area contributed by atoms with Gasteiger partial charge in [-0.1, -0.05) is 11.1 Å². The van der Waals surface area contributed by atoms with Crippen molar-refractivity contribution in [3.8, 4) is 0 Å². The fourth-order valence-corrected chi connectivity index (χ4v) is 1.68. The zero-order valence-electron chi connectivity index (χ0n) is 7.36. The molecule has 1 aliphatic rings. The van der Waals surface area contributed by atoms with E-state index < -0.39 is 11.1 Å². The fourth-order valence-electron chi connectivity index (χ4n) is 1.28. The van der Waals surface area contributed by atoms with E-state index in [4.69, 9.17) is 0 Å². The van der Waals surface area contributed by atoms with Gasteiger partial charge >= 0.3 is 0 Å². The fraction of sp³-hybridized carbons (Fsp3) is 1.00. The number of rotatable bonds is 3. The molecule has 0 radical (unpaired) electrons. The Kier molecular flexibility index (Phi) is 4.14. The third-order valence-corrected chi connectivity index (χ3v) is 2.69. The molecular formula is C7H15N2O2S-. The lowest BCUT2D eigenvalue weighted by Gasteiger charge is -2.32. The Morgan fingerprint density at radius 2 is 1.92 bits per heavy atom. The second-order valence-electron chi connectivity index (χ2n) is 3.15. The molecule has 0 amide bonds. The molecule has 0 saturated carbocycles. The Morgan fingerprint density at radius 3 is 2.42 bits per heavy atom. The maximum atomic E-state index is 10.3. The van der Waals surface area contributed by atoms with Gasteiger partial charge in [-0.25, -0.2) is 0 Å². The standard InChI is InChI=1S/C7H16N2O2S/c1-8-2-4-9(5-3-8)6-7-12(10)11/h2-7H2,1H3,(H,10,11)/p-1. The van der Waals surface area contributed by atoms with Gasteiger partial charge < -0.3 is 9.45 Å². The minimum absolute atomic E-state index is 0.268. The van der Waals surface area contributed by atoms with Crippen molar-refractivity contribution in [2.75, 3.05) is 45.5 Å². The zero-order chi connectivity index (χ0) is 8.97. The minimum Gasteiger partial charge on any atom is -0.772 e. The quantitative estimate of drug-likeness (QED) is 0.543. The van der Waals surface area contributed by atoms with Crippen LogP contribution < -0.4 is 0 Å². The van der Waals surface area contributed by atoms with Crippen molar-refractivity contribution in [3.05, 3.63) is 0 Å². The molecule has 1 aliphatic heterocycles. The summed E-state index contributed by atoms with van der Waals surface area (Å²) in [7, 11) is 2.09. The normalized spacial score (nSPS) is 24.2. The highest BCUT2D eigenvalue weighted by Crippen LogP contribution is 1.98. The smallest absolute Gasteiger partial charge is 0.0229 e. The summed E-state index contributed by atoms with van der Waals surface area (Å²) in [6, 6.07) is 0. The van der Waals surface area contributed by atoms with Gasteiger partial charge in [0, 0.05) is 38.5 Å². The summed E-state index contributed by atoms with van der Waals surface area (Å²) in [6.45, 7) is 4.77. The predicted molar refractivity (Wildman–Crippen MR) is 47.7 cm³/mol. The van der Waals surface area contributed by atoms with Crippen LogP contribution in [0, 0.1) is 0 Å². The van der Waals surface area contributed by atoms with Crippen molar-refractivity contribution in [2.45, 2.75) is 0 Å². The van der Waals surface area contributed by atoms with E-state index in [-0.39, 0.29) is 5.75 Å². The van der Waals surface area contributed by atoms with E-state index in [9.17, 15) is 8.76 Å². The summed E-state index contributed by atoms with van der Waals surface area (Å²) in [6.07, 6.45) is 0. The molecule has 1 saturated heterocycles. The average Bonchev–Trinajstić information content (AvgIpc) is 2.03. The summed E-state index contributed by atoms with van der Waals surface area (Å²) in [5.74, 6) is 0.268. The van der Waals surface area contributed by atoms with Crippen molar-refractivity contribution in [1.82, 2.24) is 9.80 Å². The first kappa shape index (κ1) is 10.1. The van der Waals surface area contributed by atoms with Gasteiger partial charge in [-0.2, -0.15) is 0 Å². The molecule has 1 rings (SSSR count). The lowest BCUT2D eigenvalue weighted by atomic mass is 10.3. The molecule has 0 spiro atoms. The highest BCUT2D eigenvalue weighted by molar-refractivity contribution is 7.79. The topological polar surface area (TPSA) is 46.6 Å². The van der Waals surface area contributed by atoms with Crippen LogP contribution in [0.1, 0.15) is 0 Å². The van der Waals surface area contributed by atoms with Crippen molar-refractivity contribution >= 4 is 11.1 Å².